The van der Waals surface area contributed by atoms with Crippen LogP contribution in [0.2, 0.25) is 0 Å². The Morgan fingerprint density at radius 2 is 1.39 bits per heavy atom. The van der Waals surface area contributed by atoms with Gasteiger partial charge in [0.2, 0.25) is 0 Å². The zero-order valence-electron chi connectivity index (χ0n) is 21.9. The smallest absolute Gasteiger partial charge is 0.120 e. The van der Waals surface area contributed by atoms with Gasteiger partial charge in [0.1, 0.15) is 11.5 Å². The Labute approximate surface area is 218 Å². The Balaban J connectivity index is 1.16. The molecule has 5 nitrogen and oxygen atoms in total. The van der Waals surface area contributed by atoms with Crippen LogP contribution >= 0.6 is 0 Å². The van der Waals surface area contributed by atoms with E-state index < -0.39 is 10.8 Å². The fourth-order valence-electron chi connectivity index (χ4n) is 9.18. The lowest BCUT2D eigenvalue weighted by Gasteiger charge is -2.54. The van der Waals surface area contributed by atoms with Gasteiger partial charge < -0.3 is 8.83 Å². The van der Waals surface area contributed by atoms with Gasteiger partial charge in [-0.3, -0.25) is 14.0 Å². The van der Waals surface area contributed by atoms with Crippen molar-refractivity contribution in [3.63, 3.8) is 0 Å². The molecule has 9 atom stereocenters. The maximum atomic E-state index is 14.1. The highest BCUT2D eigenvalue weighted by molar-refractivity contribution is 7.86. The summed E-state index contributed by atoms with van der Waals surface area (Å²) in [5.74, 6) is 4.55. The molecule has 7 rings (SSSR count). The number of hydrogen-bond donors (Lipinski definition) is 0. The summed E-state index contributed by atoms with van der Waals surface area (Å²) >= 11 is 0. The zero-order chi connectivity index (χ0) is 24.5. The van der Waals surface area contributed by atoms with Crippen molar-refractivity contribution >= 4 is 10.8 Å². The van der Waals surface area contributed by atoms with Crippen molar-refractivity contribution in [1.29, 1.82) is 0 Å². The van der Waals surface area contributed by atoms with Gasteiger partial charge >= 0.3 is 0 Å². The summed E-state index contributed by atoms with van der Waals surface area (Å²) in [6.07, 6.45) is 14.4. The second-order valence-corrected chi connectivity index (χ2v) is 14.9. The molecule has 2 aromatic heterocycles. The molecule has 0 aromatic carbocycles. The van der Waals surface area contributed by atoms with Gasteiger partial charge in [-0.05, 0) is 99.3 Å². The minimum atomic E-state index is -0.784. The van der Waals surface area contributed by atoms with Crippen LogP contribution in [0.1, 0.15) is 95.2 Å². The molecule has 0 radical (unpaired) electrons. The first-order chi connectivity index (χ1) is 17.5. The first-order valence-corrected chi connectivity index (χ1v) is 15.8. The van der Waals surface area contributed by atoms with Crippen LogP contribution in [0.15, 0.2) is 45.6 Å². The lowest BCUT2D eigenvalue weighted by atomic mass is 9.67. The molecular formula is C30H42N2O3S. The van der Waals surface area contributed by atoms with Gasteiger partial charge in [-0.25, -0.2) is 0 Å². The van der Waals surface area contributed by atoms with Gasteiger partial charge in [-0.2, -0.15) is 0 Å². The number of piperidine rings is 4. The van der Waals surface area contributed by atoms with Gasteiger partial charge in [0, 0.05) is 41.7 Å². The van der Waals surface area contributed by atoms with Crippen LogP contribution in [0.25, 0.3) is 0 Å². The first kappa shape index (κ1) is 23.7. The molecule has 2 aromatic rings. The first-order valence-electron chi connectivity index (χ1n) is 14.4. The van der Waals surface area contributed by atoms with Crippen molar-refractivity contribution in [2.45, 2.75) is 101 Å². The van der Waals surface area contributed by atoms with Crippen LogP contribution in [0.3, 0.4) is 0 Å². The van der Waals surface area contributed by atoms with E-state index in [2.05, 4.69) is 35.8 Å². The predicted molar refractivity (Wildman–Crippen MR) is 142 cm³/mol. The number of fused-ring (bicyclic) bond motifs is 2. The van der Waals surface area contributed by atoms with Gasteiger partial charge in [0.05, 0.1) is 29.4 Å². The zero-order valence-corrected chi connectivity index (χ0v) is 22.8. The number of hydrogen-bond acceptors (Lipinski definition) is 5. The molecule has 5 aliphatic heterocycles. The average molecular weight is 511 g/mol. The van der Waals surface area contributed by atoms with Crippen LogP contribution in [0, 0.1) is 17.3 Å². The monoisotopic (exact) mass is 510 g/mol. The van der Waals surface area contributed by atoms with E-state index in [-0.39, 0.29) is 10.2 Å². The van der Waals surface area contributed by atoms with Gasteiger partial charge in [0.25, 0.3) is 0 Å². The Hall–Kier alpha value is -1.37. The van der Waals surface area contributed by atoms with E-state index >= 15 is 0 Å². The van der Waals surface area contributed by atoms with Crippen LogP contribution in [0.5, 0.6) is 0 Å². The highest BCUT2D eigenvalue weighted by atomic mass is 32.2. The molecule has 0 saturated carbocycles. The predicted octanol–water partition coefficient (Wildman–Crippen LogP) is 6.32. The number of nitrogens with zero attached hydrogens (tertiary/aromatic N) is 2. The highest BCUT2D eigenvalue weighted by Crippen LogP contribution is 2.56. The normalized spacial score (nSPS) is 45.7. The number of furan rings is 2. The Morgan fingerprint density at radius 1 is 0.806 bits per heavy atom. The minimum Gasteiger partial charge on any atom is -0.468 e. The average Bonchev–Trinajstić information content (AvgIpc) is 3.63. The molecule has 5 saturated heterocycles. The molecule has 5 fully saturated rings. The molecule has 196 valence electrons. The van der Waals surface area contributed by atoms with E-state index in [1.807, 2.05) is 24.7 Å². The van der Waals surface area contributed by atoms with Gasteiger partial charge in [-0.15, -0.1) is 0 Å². The Bertz CT molecular complexity index is 1090. The molecule has 9 unspecified atom stereocenters. The van der Waals surface area contributed by atoms with E-state index in [0.717, 1.165) is 55.5 Å². The van der Waals surface area contributed by atoms with E-state index in [0.29, 0.717) is 30.1 Å². The van der Waals surface area contributed by atoms with E-state index in [4.69, 9.17) is 8.83 Å². The SMILES string of the molecule is CC1CCC(c2ccco2)N2CC3(CCC12)CS(=O)C1(CCC2C(C)CCC(c4ccco4)N2C1)C3. The van der Waals surface area contributed by atoms with Crippen LogP contribution in [-0.4, -0.2) is 49.7 Å². The van der Waals surface area contributed by atoms with Crippen molar-refractivity contribution in [3.8, 4) is 0 Å². The molecule has 0 amide bonds. The highest BCUT2D eigenvalue weighted by Gasteiger charge is 2.60. The quantitative estimate of drug-likeness (QED) is 0.473. The third-order valence-electron chi connectivity index (χ3n) is 11.0. The Morgan fingerprint density at radius 3 is 1.97 bits per heavy atom. The summed E-state index contributed by atoms with van der Waals surface area (Å²) in [5.41, 5.74) is 0.178. The summed E-state index contributed by atoms with van der Waals surface area (Å²) in [6.45, 7) is 6.93. The lowest BCUT2D eigenvalue weighted by molar-refractivity contribution is -0.0508. The van der Waals surface area contributed by atoms with Crippen molar-refractivity contribution in [2.75, 3.05) is 18.8 Å². The maximum absolute atomic E-state index is 14.1. The largest absolute Gasteiger partial charge is 0.468 e. The third-order valence-corrected chi connectivity index (χ3v) is 13.3. The van der Waals surface area contributed by atoms with E-state index in [9.17, 15) is 4.21 Å². The molecule has 0 bridgehead atoms. The second kappa shape index (κ2) is 8.84. The van der Waals surface area contributed by atoms with Crippen molar-refractivity contribution < 1.29 is 13.0 Å². The van der Waals surface area contributed by atoms with Crippen LogP contribution in [-0.2, 0) is 10.8 Å². The Kier molecular flexibility index (Phi) is 5.83. The summed E-state index contributed by atoms with van der Waals surface area (Å²) in [5, 5.41) is 0. The molecule has 2 spiro atoms. The summed E-state index contributed by atoms with van der Waals surface area (Å²) in [7, 11) is -0.784. The molecule has 0 N–H and O–H groups in total. The summed E-state index contributed by atoms with van der Waals surface area (Å²) < 4.78 is 25.9. The lowest BCUT2D eigenvalue weighted by Crippen LogP contribution is -2.58. The third kappa shape index (κ3) is 3.72. The maximum Gasteiger partial charge on any atom is 0.120 e. The summed E-state index contributed by atoms with van der Waals surface area (Å²) in [6, 6.07) is 10.3. The van der Waals surface area contributed by atoms with Crippen molar-refractivity contribution in [1.82, 2.24) is 9.80 Å². The fourth-order valence-corrected chi connectivity index (χ4v) is 11.5. The molecule has 36 heavy (non-hydrogen) atoms. The molecule has 0 aliphatic carbocycles. The van der Waals surface area contributed by atoms with Crippen LogP contribution < -0.4 is 0 Å². The minimum absolute atomic E-state index is 0.0627. The summed E-state index contributed by atoms with van der Waals surface area (Å²) in [4.78, 5) is 5.51. The molecule has 6 heteroatoms. The van der Waals surface area contributed by atoms with E-state index in [1.54, 1.807) is 0 Å². The molecule has 5 aliphatic rings. The number of rotatable bonds is 2. The van der Waals surface area contributed by atoms with Crippen molar-refractivity contribution in [2.24, 2.45) is 17.3 Å². The van der Waals surface area contributed by atoms with E-state index in [1.165, 1.54) is 38.5 Å². The molecule has 7 heterocycles. The molecular weight excluding hydrogens is 468 g/mol. The van der Waals surface area contributed by atoms with Gasteiger partial charge in [0.15, 0.2) is 0 Å². The second-order valence-electron chi connectivity index (χ2n) is 13.1. The van der Waals surface area contributed by atoms with Gasteiger partial charge in [-0.1, -0.05) is 13.8 Å². The fraction of sp³-hybridized carbons (Fsp3) is 0.733. The van der Waals surface area contributed by atoms with Crippen LogP contribution in [0.4, 0.5) is 0 Å². The van der Waals surface area contributed by atoms with Crippen molar-refractivity contribution in [3.05, 3.63) is 48.3 Å². The topological polar surface area (TPSA) is 49.8 Å². The standard InChI is InChI=1S/C30H42N2O3S/c1-21-7-9-25(27-5-3-15-34-27)31-18-29(13-11-23(21)31)17-30(36(33)20-29)14-12-24-22(2)8-10-26(32(24)19-30)28-6-4-16-35-28/h3-6,15-16,21-26H,7-14,17-20H2,1-2H3.